The van der Waals surface area contributed by atoms with Crippen molar-refractivity contribution in [1.82, 2.24) is 4.90 Å². The molecule has 1 saturated carbocycles. The zero-order chi connectivity index (χ0) is 14.7. The summed E-state index contributed by atoms with van der Waals surface area (Å²) in [5, 5.41) is 0. The van der Waals surface area contributed by atoms with Gasteiger partial charge >= 0.3 is 0 Å². The zero-order valence-electron chi connectivity index (χ0n) is 13.3. The Kier molecular flexibility index (Phi) is 4.98. The van der Waals surface area contributed by atoms with Crippen LogP contribution in [0.4, 0.5) is 0 Å². The summed E-state index contributed by atoms with van der Waals surface area (Å²) >= 11 is 0. The monoisotopic (exact) mass is 273 g/mol. The summed E-state index contributed by atoms with van der Waals surface area (Å²) in [4.78, 5) is 15.1. The third-order valence-corrected chi connectivity index (χ3v) is 4.55. The number of aryl methyl sites for hydroxylation is 3. The van der Waals surface area contributed by atoms with Crippen molar-refractivity contribution in [2.24, 2.45) is 0 Å². The van der Waals surface area contributed by atoms with Gasteiger partial charge in [-0.15, -0.1) is 0 Å². The van der Waals surface area contributed by atoms with E-state index >= 15 is 0 Å². The summed E-state index contributed by atoms with van der Waals surface area (Å²) < 4.78 is 0. The van der Waals surface area contributed by atoms with Crippen molar-refractivity contribution < 1.29 is 4.79 Å². The van der Waals surface area contributed by atoms with Crippen LogP contribution in [-0.4, -0.2) is 29.8 Å². The van der Waals surface area contributed by atoms with Crippen LogP contribution in [0.2, 0.25) is 0 Å². The number of rotatable bonds is 5. The molecule has 2 nitrogen and oxygen atoms in total. The number of nitrogens with zero attached hydrogens (tertiary/aromatic N) is 1. The molecule has 20 heavy (non-hydrogen) atoms. The van der Waals surface area contributed by atoms with Gasteiger partial charge in [0.25, 0.3) is 0 Å². The number of Topliss-reactive ketones (excluding diaryl/α,β-unsaturated/α-hetero) is 1. The normalized spacial score (nSPS) is 16.1. The highest BCUT2D eigenvalue weighted by Gasteiger charge is 2.24. The van der Waals surface area contributed by atoms with Gasteiger partial charge in [-0.2, -0.15) is 0 Å². The van der Waals surface area contributed by atoms with Crippen molar-refractivity contribution in [1.29, 1.82) is 0 Å². The van der Waals surface area contributed by atoms with Gasteiger partial charge < -0.3 is 0 Å². The number of carbonyl (C=O) groups is 1. The topological polar surface area (TPSA) is 20.3 Å². The smallest absolute Gasteiger partial charge is 0.177 e. The molecule has 1 aliphatic carbocycles. The van der Waals surface area contributed by atoms with E-state index in [9.17, 15) is 4.79 Å². The predicted molar refractivity (Wildman–Crippen MR) is 84.5 cm³/mol. The largest absolute Gasteiger partial charge is 0.293 e. The van der Waals surface area contributed by atoms with Gasteiger partial charge in [0.1, 0.15) is 0 Å². The first-order valence-corrected chi connectivity index (χ1v) is 7.88. The standard InChI is InChI=1S/C18H27NO/c1-5-19(16-8-6-7-9-16)12-17(20)18-14(3)10-13(2)11-15(18)4/h10-11,16H,5-9,12H2,1-4H3. The fourth-order valence-corrected chi connectivity index (χ4v) is 3.65. The maximum absolute atomic E-state index is 12.7. The molecule has 0 unspecified atom stereocenters. The van der Waals surface area contributed by atoms with Gasteiger partial charge in [-0.25, -0.2) is 0 Å². The first-order chi connectivity index (χ1) is 9.52. The van der Waals surface area contributed by atoms with Crippen LogP contribution in [0.25, 0.3) is 0 Å². The highest BCUT2D eigenvalue weighted by molar-refractivity contribution is 6.00. The molecule has 1 aliphatic rings. The fraction of sp³-hybridized carbons (Fsp3) is 0.611. The van der Waals surface area contributed by atoms with Crippen LogP contribution in [-0.2, 0) is 0 Å². The van der Waals surface area contributed by atoms with Crippen molar-refractivity contribution in [3.8, 4) is 0 Å². The van der Waals surface area contributed by atoms with Crippen molar-refractivity contribution in [2.75, 3.05) is 13.1 Å². The Bertz CT molecular complexity index is 463. The molecule has 0 radical (unpaired) electrons. The molecular formula is C18H27NO. The third-order valence-electron chi connectivity index (χ3n) is 4.55. The molecule has 1 aromatic carbocycles. The summed E-state index contributed by atoms with van der Waals surface area (Å²) in [6.45, 7) is 9.91. The van der Waals surface area contributed by atoms with E-state index in [1.165, 1.54) is 31.2 Å². The van der Waals surface area contributed by atoms with Crippen LogP contribution in [0.1, 0.15) is 59.7 Å². The minimum atomic E-state index is 0.286. The first-order valence-electron chi connectivity index (χ1n) is 7.88. The van der Waals surface area contributed by atoms with Gasteiger partial charge in [0, 0.05) is 11.6 Å². The van der Waals surface area contributed by atoms with Crippen LogP contribution in [0.15, 0.2) is 12.1 Å². The third kappa shape index (κ3) is 3.29. The number of hydrogen-bond donors (Lipinski definition) is 0. The Morgan fingerprint density at radius 1 is 1.15 bits per heavy atom. The number of benzene rings is 1. The van der Waals surface area contributed by atoms with Gasteiger partial charge in [-0.05, 0) is 51.3 Å². The number of hydrogen-bond acceptors (Lipinski definition) is 2. The van der Waals surface area contributed by atoms with E-state index in [0.717, 1.165) is 23.2 Å². The minimum absolute atomic E-state index is 0.286. The van der Waals surface area contributed by atoms with E-state index in [1.807, 2.05) is 0 Å². The van der Waals surface area contributed by atoms with Gasteiger partial charge in [0.2, 0.25) is 0 Å². The summed E-state index contributed by atoms with van der Waals surface area (Å²) in [5.41, 5.74) is 4.41. The molecule has 0 saturated heterocycles. The summed E-state index contributed by atoms with van der Waals surface area (Å²) in [7, 11) is 0. The Labute approximate surface area is 123 Å². The molecule has 0 heterocycles. The predicted octanol–water partition coefficient (Wildman–Crippen LogP) is 4.06. The van der Waals surface area contributed by atoms with Crippen molar-refractivity contribution in [3.05, 3.63) is 34.4 Å². The summed E-state index contributed by atoms with van der Waals surface area (Å²) in [5.74, 6) is 0.286. The van der Waals surface area contributed by atoms with E-state index in [2.05, 4.69) is 44.7 Å². The lowest BCUT2D eigenvalue weighted by Gasteiger charge is -2.27. The molecular weight excluding hydrogens is 246 g/mol. The Hall–Kier alpha value is -1.15. The summed E-state index contributed by atoms with van der Waals surface area (Å²) in [6, 6.07) is 4.85. The fourth-order valence-electron chi connectivity index (χ4n) is 3.65. The van der Waals surface area contributed by atoms with Crippen LogP contribution in [0, 0.1) is 20.8 Å². The number of likely N-dealkylation sites (N-methyl/N-ethyl adjacent to an activating group) is 1. The Morgan fingerprint density at radius 2 is 1.70 bits per heavy atom. The quantitative estimate of drug-likeness (QED) is 0.754. The first kappa shape index (κ1) is 15.2. The molecule has 0 aliphatic heterocycles. The highest BCUT2D eigenvalue weighted by atomic mass is 16.1. The average Bonchev–Trinajstić information content (AvgIpc) is 2.88. The average molecular weight is 273 g/mol. The molecule has 2 heteroatoms. The molecule has 1 fully saturated rings. The molecule has 0 N–H and O–H groups in total. The lowest BCUT2D eigenvalue weighted by Crippen LogP contribution is -2.37. The van der Waals surface area contributed by atoms with Gasteiger partial charge in [0.05, 0.1) is 6.54 Å². The van der Waals surface area contributed by atoms with E-state index in [0.29, 0.717) is 12.6 Å². The van der Waals surface area contributed by atoms with Crippen LogP contribution in [0.3, 0.4) is 0 Å². The second kappa shape index (κ2) is 6.53. The van der Waals surface area contributed by atoms with E-state index in [-0.39, 0.29) is 5.78 Å². The molecule has 0 aromatic heterocycles. The molecule has 0 amide bonds. The summed E-state index contributed by atoms with van der Waals surface area (Å²) in [6.07, 6.45) is 5.15. The van der Waals surface area contributed by atoms with E-state index in [4.69, 9.17) is 0 Å². The molecule has 1 aromatic rings. The SMILES string of the molecule is CCN(CC(=O)c1c(C)cc(C)cc1C)C1CCCC1. The van der Waals surface area contributed by atoms with Crippen LogP contribution >= 0.6 is 0 Å². The second-order valence-electron chi connectivity index (χ2n) is 6.20. The molecule has 0 bridgehead atoms. The lowest BCUT2D eigenvalue weighted by atomic mass is 9.96. The molecule has 110 valence electrons. The Morgan fingerprint density at radius 3 is 2.20 bits per heavy atom. The van der Waals surface area contributed by atoms with E-state index in [1.54, 1.807) is 0 Å². The minimum Gasteiger partial charge on any atom is -0.293 e. The number of ketones is 1. The van der Waals surface area contributed by atoms with Gasteiger partial charge in [0.15, 0.2) is 5.78 Å². The van der Waals surface area contributed by atoms with Gasteiger partial charge in [-0.1, -0.05) is 37.5 Å². The second-order valence-corrected chi connectivity index (χ2v) is 6.20. The van der Waals surface area contributed by atoms with Crippen LogP contribution < -0.4 is 0 Å². The molecule has 0 atom stereocenters. The lowest BCUT2D eigenvalue weighted by molar-refractivity contribution is 0.0898. The van der Waals surface area contributed by atoms with Crippen molar-refractivity contribution in [2.45, 2.75) is 59.4 Å². The van der Waals surface area contributed by atoms with Gasteiger partial charge in [-0.3, -0.25) is 9.69 Å². The van der Waals surface area contributed by atoms with Crippen LogP contribution in [0.5, 0.6) is 0 Å². The maximum atomic E-state index is 12.7. The van der Waals surface area contributed by atoms with E-state index < -0.39 is 0 Å². The number of carbonyl (C=O) groups excluding carboxylic acids is 1. The van der Waals surface area contributed by atoms with Crippen molar-refractivity contribution in [3.63, 3.8) is 0 Å². The Balaban J connectivity index is 2.14. The van der Waals surface area contributed by atoms with Crippen molar-refractivity contribution >= 4 is 5.78 Å². The molecule has 2 rings (SSSR count). The zero-order valence-corrected chi connectivity index (χ0v) is 13.3. The maximum Gasteiger partial charge on any atom is 0.177 e. The highest BCUT2D eigenvalue weighted by Crippen LogP contribution is 2.24. The molecule has 0 spiro atoms.